The van der Waals surface area contributed by atoms with Crippen LogP contribution < -0.4 is 15.5 Å². The van der Waals surface area contributed by atoms with Gasteiger partial charge in [-0.25, -0.2) is 4.68 Å². The van der Waals surface area contributed by atoms with Crippen LogP contribution in [-0.4, -0.2) is 33.1 Å². The van der Waals surface area contributed by atoms with Gasteiger partial charge in [-0.05, 0) is 36.8 Å². The largest absolute Gasteiger partial charge is 0.497 e. The summed E-state index contributed by atoms with van der Waals surface area (Å²) >= 11 is 1.40. The highest BCUT2D eigenvalue weighted by molar-refractivity contribution is 8.00. The van der Waals surface area contributed by atoms with E-state index in [-0.39, 0.29) is 11.9 Å². The third-order valence-electron chi connectivity index (χ3n) is 5.52. The van der Waals surface area contributed by atoms with Crippen LogP contribution in [0.15, 0.2) is 84.0 Å². The van der Waals surface area contributed by atoms with Crippen LogP contribution in [0.2, 0.25) is 0 Å². The van der Waals surface area contributed by atoms with Crippen molar-refractivity contribution in [3.05, 3.63) is 90.0 Å². The van der Waals surface area contributed by atoms with E-state index in [2.05, 4.69) is 20.9 Å². The van der Waals surface area contributed by atoms with Gasteiger partial charge in [0, 0.05) is 11.3 Å². The Labute approximate surface area is 196 Å². The number of carbonyl (C=O) groups is 1. The quantitative estimate of drug-likeness (QED) is 0.454. The maximum absolute atomic E-state index is 13.4. The summed E-state index contributed by atoms with van der Waals surface area (Å²) in [7, 11) is 1.64. The maximum Gasteiger partial charge on any atom is 0.240 e. The number of methoxy groups -OCH3 is 1. The van der Waals surface area contributed by atoms with E-state index in [0.717, 1.165) is 28.1 Å². The molecule has 5 rings (SSSR count). The zero-order valence-electron chi connectivity index (χ0n) is 18.2. The number of benzene rings is 3. The molecule has 0 bridgehead atoms. The lowest BCUT2D eigenvalue weighted by Crippen LogP contribution is -2.41. The first-order chi connectivity index (χ1) is 16.1. The molecule has 0 fully saturated rings. The van der Waals surface area contributed by atoms with Crippen molar-refractivity contribution in [3.63, 3.8) is 0 Å². The number of aryl methyl sites for hydroxylation is 1. The predicted octanol–water partition coefficient (Wildman–Crippen LogP) is 4.66. The highest BCUT2D eigenvalue weighted by Gasteiger charge is 2.38. The molecule has 0 unspecified atom stereocenters. The molecule has 4 aromatic rings. The molecule has 7 nitrogen and oxygen atoms in total. The molecule has 33 heavy (non-hydrogen) atoms. The van der Waals surface area contributed by atoms with E-state index in [1.807, 2.05) is 90.5 Å². The summed E-state index contributed by atoms with van der Waals surface area (Å²) in [6.45, 7) is 2.02. The molecule has 0 saturated heterocycles. The lowest BCUT2D eigenvalue weighted by molar-refractivity contribution is -0.116. The smallest absolute Gasteiger partial charge is 0.240 e. The van der Waals surface area contributed by atoms with Crippen LogP contribution in [0, 0.1) is 6.92 Å². The summed E-state index contributed by atoms with van der Waals surface area (Å²) in [6.07, 6.45) is 0. The number of carbonyl (C=O) groups excluding carboxylic acids is 1. The van der Waals surface area contributed by atoms with Gasteiger partial charge >= 0.3 is 0 Å². The van der Waals surface area contributed by atoms with Gasteiger partial charge in [-0.2, -0.15) is 0 Å². The third kappa shape index (κ3) is 4.29. The Hall–Kier alpha value is -3.78. The Morgan fingerprint density at radius 2 is 1.73 bits per heavy atom. The van der Waals surface area contributed by atoms with Crippen molar-refractivity contribution in [3.8, 4) is 17.1 Å². The first kappa shape index (κ1) is 21.1. The third-order valence-corrected chi connectivity index (χ3v) is 6.74. The molecule has 2 atom stereocenters. The zero-order chi connectivity index (χ0) is 22.8. The van der Waals surface area contributed by atoms with Gasteiger partial charge in [-0.1, -0.05) is 71.9 Å². The van der Waals surface area contributed by atoms with Crippen molar-refractivity contribution in [2.24, 2.45) is 0 Å². The molecular formula is C25H23N5O2S. The van der Waals surface area contributed by atoms with Gasteiger partial charge < -0.3 is 15.5 Å². The van der Waals surface area contributed by atoms with Crippen LogP contribution in [0.3, 0.4) is 0 Å². The molecule has 0 spiro atoms. The second-order valence-corrected chi connectivity index (χ2v) is 8.89. The predicted molar refractivity (Wildman–Crippen MR) is 130 cm³/mol. The molecule has 0 aliphatic carbocycles. The monoisotopic (exact) mass is 457 g/mol. The lowest BCUT2D eigenvalue weighted by atomic mass is 10.0. The summed E-state index contributed by atoms with van der Waals surface area (Å²) in [5, 5.41) is 12.0. The van der Waals surface area contributed by atoms with Gasteiger partial charge in [-0.15, -0.1) is 10.2 Å². The van der Waals surface area contributed by atoms with Crippen LogP contribution in [0.4, 0.5) is 5.69 Å². The van der Waals surface area contributed by atoms with E-state index in [0.29, 0.717) is 11.0 Å². The average molecular weight is 458 g/mol. The Morgan fingerprint density at radius 3 is 2.42 bits per heavy atom. The number of aromatic nitrogens is 3. The van der Waals surface area contributed by atoms with Crippen LogP contribution >= 0.6 is 11.8 Å². The number of nitrogens with one attached hydrogen (secondary N) is 2. The van der Waals surface area contributed by atoms with Crippen molar-refractivity contribution in [2.45, 2.75) is 23.4 Å². The molecular weight excluding hydrogens is 434 g/mol. The molecule has 1 amide bonds. The van der Waals surface area contributed by atoms with Crippen LogP contribution in [-0.2, 0) is 4.79 Å². The number of thioether (sulfide) groups is 1. The SMILES string of the molecule is COc1ccc([C@H]2Nn3c(nnc3-c3ccccc3)S[C@H]2C(=O)Nc2ccc(C)cc2)cc1. The van der Waals surface area contributed by atoms with Crippen LogP contribution in [0.5, 0.6) is 5.75 Å². The molecule has 2 heterocycles. The number of rotatable bonds is 5. The lowest BCUT2D eigenvalue weighted by Gasteiger charge is -2.33. The van der Waals surface area contributed by atoms with Crippen molar-refractivity contribution < 1.29 is 9.53 Å². The first-order valence-corrected chi connectivity index (χ1v) is 11.5. The molecule has 0 saturated carbocycles. The van der Waals surface area contributed by atoms with Gasteiger partial charge in [-0.3, -0.25) is 4.79 Å². The van der Waals surface area contributed by atoms with Gasteiger partial charge in [0.1, 0.15) is 11.0 Å². The zero-order valence-corrected chi connectivity index (χ0v) is 19.0. The minimum atomic E-state index is -0.458. The number of anilines is 1. The van der Waals surface area contributed by atoms with Crippen molar-refractivity contribution in [1.82, 2.24) is 14.9 Å². The first-order valence-electron chi connectivity index (χ1n) is 10.6. The standard InChI is InChI=1S/C25H23N5O2S/c1-16-8-12-19(13-9-16)26-24(31)22-21(17-10-14-20(32-2)15-11-17)29-30-23(27-28-25(30)33-22)18-6-4-3-5-7-18/h3-15,21-22,29H,1-2H3,(H,26,31)/t21-,22-/m1/s1. The summed E-state index contributed by atoms with van der Waals surface area (Å²) in [5.41, 5.74) is 7.30. The number of fused-ring (bicyclic) bond motifs is 1. The molecule has 2 N–H and O–H groups in total. The summed E-state index contributed by atoms with van der Waals surface area (Å²) in [5.74, 6) is 1.36. The Morgan fingerprint density at radius 1 is 1.00 bits per heavy atom. The van der Waals surface area contributed by atoms with E-state index >= 15 is 0 Å². The van der Waals surface area contributed by atoms with E-state index < -0.39 is 5.25 Å². The van der Waals surface area contributed by atoms with E-state index in [1.54, 1.807) is 7.11 Å². The molecule has 1 aromatic heterocycles. The van der Waals surface area contributed by atoms with Gasteiger partial charge in [0.25, 0.3) is 0 Å². The Balaban J connectivity index is 1.50. The second-order valence-electron chi connectivity index (χ2n) is 7.78. The summed E-state index contributed by atoms with van der Waals surface area (Å²) < 4.78 is 7.18. The fourth-order valence-corrected chi connectivity index (χ4v) is 4.82. The van der Waals surface area contributed by atoms with Crippen molar-refractivity contribution >= 4 is 23.4 Å². The number of hydrogen-bond acceptors (Lipinski definition) is 6. The van der Waals surface area contributed by atoms with E-state index in [1.165, 1.54) is 11.8 Å². The number of nitrogens with zero attached hydrogens (tertiary/aromatic N) is 3. The number of ether oxygens (including phenoxy) is 1. The molecule has 1 aliphatic heterocycles. The molecule has 8 heteroatoms. The van der Waals surface area contributed by atoms with Crippen molar-refractivity contribution in [1.29, 1.82) is 0 Å². The Kier molecular flexibility index (Phi) is 5.75. The summed E-state index contributed by atoms with van der Waals surface area (Å²) in [4.78, 5) is 13.4. The van der Waals surface area contributed by atoms with E-state index in [4.69, 9.17) is 4.74 Å². The normalized spacial score (nSPS) is 17.0. The molecule has 1 aliphatic rings. The minimum absolute atomic E-state index is 0.104. The summed E-state index contributed by atoms with van der Waals surface area (Å²) in [6, 6.07) is 25.1. The van der Waals surface area contributed by atoms with Crippen molar-refractivity contribution in [2.75, 3.05) is 17.9 Å². The minimum Gasteiger partial charge on any atom is -0.497 e. The second kappa shape index (κ2) is 8.99. The van der Waals surface area contributed by atoms with E-state index in [9.17, 15) is 4.79 Å². The average Bonchev–Trinajstić information content (AvgIpc) is 3.28. The molecule has 166 valence electrons. The topological polar surface area (TPSA) is 81.1 Å². The van der Waals surface area contributed by atoms with Gasteiger partial charge in [0.05, 0.1) is 13.2 Å². The van der Waals surface area contributed by atoms with Crippen LogP contribution in [0.25, 0.3) is 11.4 Å². The highest BCUT2D eigenvalue weighted by Crippen LogP contribution is 2.39. The number of amides is 1. The molecule has 0 radical (unpaired) electrons. The van der Waals surface area contributed by atoms with Gasteiger partial charge in [0.15, 0.2) is 5.82 Å². The Bertz CT molecular complexity index is 1260. The highest BCUT2D eigenvalue weighted by atomic mass is 32.2. The number of hydrogen-bond donors (Lipinski definition) is 2. The fourth-order valence-electron chi connectivity index (χ4n) is 3.74. The fraction of sp³-hybridized carbons (Fsp3) is 0.160. The van der Waals surface area contributed by atoms with Crippen LogP contribution in [0.1, 0.15) is 17.2 Å². The van der Waals surface area contributed by atoms with Gasteiger partial charge in [0.2, 0.25) is 11.1 Å². The maximum atomic E-state index is 13.4. The molecule has 3 aromatic carbocycles.